The van der Waals surface area contributed by atoms with E-state index in [-0.39, 0.29) is 11.6 Å². The van der Waals surface area contributed by atoms with Gasteiger partial charge < -0.3 is 4.74 Å². The first kappa shape index (κ1) is 8.11. The third-order valence-corrected chi connectivity index (χ3v) is 4.31. The molecule has 0 saturated carbocycles. The third-order valence-electron chi connectivity index (χ3n) is 4.31. The first-order chi connectivity index (χ1) is 7.29. The minimum absolute atomic E-state index is 0.149. The highest BCUT2D eigenvalue weighted by atomic mass is 16.6. The quantitative estimate of drug-likeness (QED) is 0.550. The molecule has 0 aromatic heterocycles. The first-order valence-corrected chi connectivity index (χ1v) is 5.69. The van der Waals surface area contributed by atoms with Crippen LogP contribution < -0.4 is 0 Å². The summed E-state index contributed by atoms with van der Waals surface area (Å²) in [5.41, 5.74) is 0.839. The van der Waals surface area contributed by atoms with E-state index in [1.54, 1.807) is 6.08 Å². The van der Waals surface area contributed by atoms with E-state index in [0.717, 1.165) is 18.5 Å². The van der Waals surface area contributed by atoms with Gasteiger partial charge in [0.1, 0.15) is 0 Å². The van der Waals surface area contributed by atoms with Crippen molar-refractivity contribution in [3.8, 4) is 0 Å². The summed E-state index contributed by atoms with van der Waals surface area (Å²) < 4.78 is 5.63. The van der Waals surface area contributed by atoms with Gasteiger partial charge in [-0.3, -0.25) is 4.90 Å². The van der Waals surface area contributed by atoms with Gasteiger partial charge in [-0.25, -0.2) is 4.79 Å². The van der Waals surface area contributed by atoms with Gasteiger partial charge in [-0.05, 0) is 19.4 Å². The fourth-order valence-electron chi connectivity index (χ4n) is 3.77. The number of nitrogens with zero attached hydrogens (tertiary/aromatic N) is 1. The summed E-state index contributed by atoms with van der Waals surface area (Å²) in [6.45, 7) is 1.16. The van der Waals surface area contributed by atoms with Crippen LogP contribution in [0, 0.1) is 0 Å². The second-order valence-corrected chi connectivity index (χ2v) is 4.94. The van der Waals surface area contributed by atoms with Gasteiger partial charge in [0, 0.05) is 24.1 Å². The maximum Gasteiger partial charge on any atom is 0.332 e. The number of carbonyl (C=O) groups is 1. The molecule has 1 aliphatic carbocycles. The van der Waals surface area contributed by atoms with Crippen LogP contribution in [0.15, 0.2) is 23.8 Å². The predicted molar refractivity (Wildman–Crippen MR) is 54.2 cm³/mol. The van der Waals surface area contributed by atoms with Crippen molar-refractivity contribution in [2.75, 3.05) is 6.54 Å². The van der Waals surface area contributed by atoms with E-state index in [4.69, 9.17) is 4.74 Å². The van der Waals surface area contributed by atoms with Crippen molar-refractivity contribution in [2.45, 2.75) is 36.9 Å². The maximum absolute atomic E-state index is 11.4. The standard InChI is InChI=1S/C12H13NO2/c14-11-6-8-3-4-9-7-12(8,15-11)10-2-1-5-13(9)10/h3-4,6,9-10H,1-2,5,7H2/t9-,10-,12+/m1/s1. The van der Waals surface area contributed by atoms with E-state index in [9.17, 15) is 4.79 Å². The minimum Gasteiger partial charge on any atom is -0.449 e. The molecule has 4 aliphatic rings. The molecule has 2 saturated heterocycles. The van der Waals surface area contributed by atoms with E-state index < -0.39 is 0 Å². The van der Waals surface area contributed by atoms with Gasteiger partial charge in [-0.2, -0.15) is 0 Å². The van der Waals surface area contributed by atoms with E-state index in [1.165, 1.54) is 12.8 Å². The molecule has 4 rings (SSSR count). The highest BCUT2D eigenvalue weighted by Gasteiger charge is 2.60. The van der Waals surface area contributed by atoms with Gasteiger partial charge in [0.25, 0.3) is 0 Å². The fourth-order valence-corrected chi connectivity index (χ4v) is 3.77. The molecule has 3 heterocycles. The van der Waals surface area contributed by atoms with Gasteiger partial charge in [0.2, 0.25) is 0 Å². The third kappa shape index (κ3) is 0.797. The molecule has 0 radical (unpaired) electrons. The Kier molecular flexibility index (Phi) is 1.27. The molecule has 2 fully saturated rings. The topological polar surface area (TPSA) is 29.5 Å². The van der Waals surface area contributed by atoms with Gasteiger partial charge >= 0.3 is 5.97 Å². The number of hydrogen-bond acceptors (Lipinski definition) is 3. The van der Waals surface area contributed by atoms with E-state index in [1.807, 2.05) is 0 Å². The van der Waals surface area contributed by atoms with E-state index in [2.05, 4.69) is 17.1 Å². The Morgan fingerprint density at radius 1 is 1.53 bits per heavy atom. The molecule has 1 spiro atoms. The largest absolute Gasteiger partial charge is 0.449 e. The van der Waals surface area contributed by atoms with E-state index >= 15 is 0 Å². The van der Waals surface area contributed by atoms with Crippen molar-refractivity contribution >= 4 is 5.97 Å². The Balaban J connectivity index is 1.89. The normalized spacial score (nSPS) is 46.4. The number of rotatable bonds is 0. The van der Waals surface area contributed by atoms with E-state index in [0.29, 0.717) is 12.1 Å². The number of ether oxygens (including phenoxy) is 1. The highest BCUT2D eigenvalue weighted by molar-refractivity contribution is 5.88. The molecule has 0 N–H and O–H groups in total. The number of carbonyl (C=O) groups excluding carboxylic acids is 1. The Hall–Kier alpha value is -1.09. The van der Waals surface area contributed by atoms with Crippen LogP contribution in [0.1, 0.15) is 19.3 Å². The molecule has 3 nitrogen and oxygen atoms in total. The average Bonchev–Trinajstić information content (AvgIpc) is 2.82. The van der Waals surface area contributed by atoms with Crippen molar-refractivity contribution in [1.82, 2.24) is 4.90 Å². The molecule has 0 amide bonds. The summed E-state index contributed by atoms with van der Waals surface area (Å²) in [6, 6.07) is 0.941. The molecular formula is C12H13NO2. The monoisotopic (exact) mass is 203 g/mol. The molecule has 0 aromatic rings. The summed E-state index contributed by atoms with van der Waals surface area (Å²) in [4.78, 5) is 13.9. The lowest BCUT2D eigenvalue weighted by atomic mass is 9.81. The second-order valence-electron chi connectivity index (χ2n) is 4.94. The number of fused-ring (bicyclic) bond motifs is 3. The van der Waals surface area contributed by atoms with Gasteiger partial charge in [0.05, 0.1) is 6.04 Å². The Labute approximate surface area is 88.4 Å². The smallest absolute Gasteiger partial charge is 0.332 e. The molecule has 3 atom stereocenters. The van der Waals surface area contributed by atoms with Gasteiger partial charge in [-0.15, -0.1) is 0 Å². The number of hydrogen-bond donors (Lipinski definition) is 0. The summed E-state index contributed by atoms with van der Waals surface area (Å²) in [5.74, 6) is -0.149. The summed E-state index contributed by atoms with van der Waals surface area (Å²) >= 11 is 0. The molecule has 3 heteroatoms. The Bertz CT molecular complexity index is 412. The SMILES string of the molecule is O=C1C=C2C=C[C@@H]3C[C@@]2(O1)[C@H]1CCCN31. The zero-order valence-corrected chi connectivity index (χ0v) is 8.48. The summed E-state index contributed by atoms with van der Waals surface area (Å²) in [6.07, 6.45) is 9.39. The lowest BCUT2D eigenvalue weighted by molar-refractivity contribution is -0.147. The second kappa shape index (κ2) is 2.35. The Morgan fingerprint density at radius 2 is 2.47 bits per heavy atom. The summed E-state index contributed by atoms with van der Waals surface area (Å²) in [7, 11) is 0. The van der Waals surface area contributed by atoms with Gasteiger partial charge in [0.15, 0.2) is 5.60 Å². The maximum atomic E-state index is 11.4. The number of esters is 1. The fraction of sp³-hybridized carbons (Fsp3) is 0.583. The van der Waals surface area contributed by atoms with Crippen LogP contribution in [0.4, 0.5) is 0 Å². The van der Waals surface area contributed by atoms with Crippen molar-refractivity contribution in [1.29, 1.82) is 0 Å². The summed E-state index contributed by atoms with van der Waals surface area (Å²) in [5, 5.41) is 0. The van der Waals surface area contributed by atoms with Crippen molar-refractivity contribution < 1.29 is 9.53 Å². The van der Waals surface area contributed by atoms with Crippen LogP contribution in [-0.2, 0) is 9.53 Å². The van der Waals surface area contributed by atoms with Crippen molar-refractivity contribution in [2.24, 2.45) is 0 Å². The molecule has 0 unspecified atom stereocenters. The molecule has 2 bridgehead atoms. The lowest BCUT2D eigenvalue weighted by Gasteiger charge is -2.31. The van der Waals surface area contributed by atoms with Gasteiger partial charge in [-0.1, -0.05) is 12.2 Å². The highest BCUT2D eigenvalue weighted by Crippen LogP contribution is 2.51. The molecule has 15 heavy (non-hydrogen) atoms. The van der Waals surface area contributed by atoms with Crippen molar-refractivity contribution in [3.05, 3.63) is 23.8 Å². The van der Waals surface area contributed by atoms with Crippen LogP contribution in [0.2, 0.25) is 0 Å². The zero-order valence-electron chi connectivity index (χ0n) is 8.48. The predicted octanol–water partition coefficient (Wildman–Crippen LogP) is 1.01. The lowest BCUT2D eigenvalue weighted by Crippen LogP contribution is -2.42. The Morgan fingerprint density at radius 3 is 3.40 bits per heavy atom. The molecular weight excluding hydrogens is 190 g/mol. The molecule has 78 valence electrons. The molecule has 3 aliphatic heterocycles. The average molecular weight is 203 g/mol. The van der Waals surface area contributed by atoms with Crippen LogP contribution in [0.3, 0.4) is 0 Å². The van der Waals surface area contributed by atoms with Crippen molar-refractivity contribution in [3.63, 3.8) is 0 Å². The minimum atomic E-state index is -0.271. The van der Waals surface area contributed by atoms with Crippen LogP contribution in [0.5, 0.6) is 0 Å². The van der Waals surface area contributed by atoms with Crippen LogP contribution >= 0.6 is 0 Å². The molecule has 0 aromatic carbocycles. The first-order valence-electron chi connectivity index (χ1n) is 5.69. The van der Waals surface area contributed by atoms with Crippen LogP contribution in [-0.4, -0.2) is 35.1 Å². The zero-order chi connectivity index (χ0) is 10.0. The van der Waals surface area contributed by atoms with Crippen LogP contribution in [0.25, 0.3) is 0 Å².